The molecule has 21 heavy (non-hydrogen) atoms. The number of carbonyl (C=O) groups excluding carboxylic acids is 1. The molecular weight excluding hydrogens is 260 g/mol. The molecule has 0 aliphatic carbocycles. The average Bonchev–Trinajstić information content (AvgIpc) is 2.88. The van der Waals surface area contributed by atoms with Gasteiger partial charge in [0.15, 0.2) is 0 Å². The van der Waals surface area contributed by atoms with Crippen molar-refractivity contribution in [3.63, 3.8) is 0 Å². The Morgan fingerprint density at radius 1 is 1.19 bits per heavy atom. The van der Waals surface area contributed by atoms with Gasteiger partial charge >= 0.3 is 0 Å². The maximum atomic E-state index is 10.8. The highest BCUT2D eigenvalue weighted by atomic mass is 16.1. The Balaban J connectivity index is 1.97. The van der Waals surface area contributed by atoms with Crippen molar-refractivity contribution < 1.29 is 4.79 Å². The maximum Gasteiger partial charge on any atom is 0.150 e. The summed E-state index contributed by atoms with van der Waals surface area (Å²) in [5.41, 5.74) is 4.24. The highest BCUT2D eigenvalue weighted by molar-refractivity contribution is 5.86. The van der Waals surface area contributed by atoms with Crippen LogP contribution < -0.4 is 0 Å². The number of aldehydes is 1. The summed E-state index contributed by atoms with van der Waals surface area (Å²) in [6, 6.07) is 14.0. The second-order valence-electron chi connectivity index (χ2n) is 5.62. The second kappa shape index (κ2) is 5.52. The molecule has 0 N–H and O–H groups in total. The van der Waals surface area contributed by atoms with Gasteiger partial charge in [0.05, 0.1) is 12.1 Å². The minimum atomic E-state index is 0.493. The highest BCUT2D eigenvalue weighted by Crippen LogP contribution is 2.21. The maximum absolute atomic E-state index is 10.8. The van der Waals surface area contributed by atoms with Gasteiger partial charge in [0, 0.05) is 17.1 Å². The van der Waals surface area contributed by atoms with E-state index in [4.69, 9.17) is 0 Å². The topological polar surface area (TPSA) is 34.9 Å². The number of hydrogen-bond acceptors (Lipinski definition) is 2. The summed E-state index contributed by atoms with van der Waals surface area (Å²) in [6.45, 7) is 5.16. The fourth-order valence-electron chi connectivity index (χ4n) is 2.67. The van der Waals surface area contributed by atoms with Crippen LogP contribution in [0.2, 0.25) is 0 Å². The summed E-state index contributed by atoms with van der Waals surface area (Å²) < 4.78 is 1.94. The van der Waals surface area contributed by atoms with E-state index in [1.807, 2.05) is 23.0 Å². The van der Waals surface area contributed by atoms with Crippen LogP contribution in [0.1, 0.15) is 41.3 Å². The fourth-order valence-corrected chi connectivity index (χ4v) is 2.67. The molecule has 0 saturated heterocycles. The minimum absolute atomic E-state index is 0.493. The van der Waals surface area contributed by atoms with Gasteiger partial charge in [-0.3, -0.25) is 9.48 Å². The number of benzene rings is 2. The Labute approximate surface area is 124 Å². The van der Waals surface area contributed by atoms with Crippen molar-refractivity contribution in [2.75, 3.05) is 0 Å². The molecule has 0 aliphatic heterocycles. The van der Waals surface area contributed by atoms with E-state index in [-0.39, 0.29) is 0 Å². The number of fused-ring (bicyclic) bond motifs is 1. The Morgan fingerprint density at radius 3 is 2.76 bits per heavy atom. The first kappa shape index (κ1) is 13.6. The number of carbonyl (C=O) groups is 1. The number of hydrogen-bond donors (Lipinski definition) is 0. The third-order valence-corrected chi connectivity index (χ3v) is 3.72. The average molecular weight is 278 g/mol. The normalized spacial score (nSPS) is 11.2. The van der Waals surface area contributed by atoms with Crippen molar-refractivity contribution in [3.8, 4) is 0 Å². The van der Waals surface area contributed by atoms with E-state index in [0.29, 0.717) is 11.5 Å². The van der Waals surface area contributed by atoms with Gasteiger partial charge in [0.2, 0.25) is 0 Å². The molecule has 0 radical (unpaired) electrons. The fraction of sp³-hybridized carbons (Fsp3) is 0.222. The summed E-state index contributed by atoms with van der Waals surface area (Å²) in [5, 5.41) is 5.59. The Kier molecular flexibility index (Phi) is 3.57. The Bertz CT molecular complexity index is 787. The zero-order valence-corrected chi connectivity index (χ0v) is 12.3. The molecule has 2 aromatic carbocycles. The van der Waals surface area contributed by atoms with Crippen molar-refractivity contribution in [3.05, 3.63) is 65.4 Å². The summed E-state index contributed by atoms with van der Waals surface area (Å²) >= 11 is 0. The lowest BCUT2D eigenvalue weighted by Gasteiger charge is -2.12. The van der Waals surface area contributed by atoms with Crippen LogP contribution in [0.3, 0.4) is 0 Å². The molecule has 0 saturated carbocycles. The van der Waals surface area contributed by atoms with Gasteiger partial charge < -0.3 is 0 Å². The van der Waals surface area contributed by atoms with Gasteiger partial charge in [0.1, 0.15) is 6.29 Å². The van der Waals surface area contributed by atoms with E-state index in [2.05, 4.69) is 43.2 Å². The third kappa shape index (κ3) is 2.72. The summed E-state index contributed by atoms with van der Waals surface area (Å²) in [7, 11) is 0. The predicted octanol–water partition coefficient (Wildman–Crippen LogP) is 4.02. The van der Waals surface area contributed by atoms with Crippen LogP contribution in [-0.2, 0) is 6.54 Å². The van der Waals surface area contributed by atoms with Gasteiger partial charge in [-0.2, -0.15) is 5.10 Å². The molecule has 0 spiro atoms. The van der Waals surface area contributed by atoms with E-state index >= 15 is 0 Å². The Morgan fingerprint density at radius 2 is 2.00 bits per heavy atom. The lowest BCUT2D eigenvalue weighted by molar-refractivity contribution is 0.112. The molecule has 3 rings (SSSR count). The molecule has 0 fully saturated rings. The smallest absolute Gasteiger partial charge is 0.150 e. The van der Waals surface area contributed by atoms with Crippen molar-refractivity contribution in [1.29, 1.82) is 0 Å². The van der Waals surface area contributed by atoms with Crippen LogP contribution in [0.15, 0.2) is 48.7 Å². The van der Waals surface area contributed by atoms with Gasteiger partial charge in [-0.25, -0.2) is 0 Å². The molecule has 0 amide bonds. The SMILES string of the molecule is CC(C)c1ccccc1Cn1cc2cc(C=O)ccc2n1. The van der Waals surface area contributed by atoms with E-state index in [9.17, 15) is 4.79 Å². The Hall–Kier alpha value is -2.42. The molecule has 106 valence electrons. The van der Waals surface area contributed by atoms with Crippen LogP contribution in [-0.4, -0.2) is 16.1 Å². The van der Waals surface area contributed by atoms with Gasteiger partial charge in [0.25, 0.3) is 0 Å². The predicted molar refractivity (Wildman–Crippen MR) is 84.8 cm³/mol. The minimum Gasteiger partial charge on any atom is -0.298 e. The molecule has 3 nitrogen and oxygen atoms in total. The lowest BCUT2D eigenvalue weighted by Crippen LogP contribution is -2.04. The summed E-state index contributed by atoms with van der Waals surface area (Å²) in [4.78, 5) is 10.8. The molecule has 0 unspecified atom stereocenters. The molecule has 1 aromatic heterocycles. The summed E-state index contributed by atoms with van der Waals surface area (Å²) in [5.74, 6) is 0.493. The molecule has 0 aliphatic rings. The summed E-state index contributed by atoms with van der Waals surface area (Å²) in [6.07, 6.45) is 2.87. The van der Waals surface area contributed by atoms with E-state index in [0.717, 1.165) is 23.7 Å². The van der Waals surface area contributed by atoms with Crippen LogP contribution in [0, 0.1) is 0 Å². The first-order valence-electron chi connectivity index (χ1n) is 7.17. The van der Waals surface area contributed by atoms with E-state index < -0.39 is 0 Å². The van der Waals surface area contributed by atoms with Crippen LogP contribution >= 0.6 is 0 Å². The van der Waals surface area contributed by atoms with Gasteiger partial charge in [-0.15, -0.1) is 0 Å². The van der Waals surface area contributed by atoms with Crippen molar-refractivity contribution in [2.45, 2.75) is 26.3 Å². The zero-order valence-electron chi connectivity index (χ0n) is 12.3. The van der Waals surface area contributed by atoms with Crippen molar-refractivity contribution >= 4 is 17.2 Å². The van der Waals surface area contributed by atoms with Gasteiger partial charge in [-0.05, 0) is 35.2 Å². The van der Waals surface area contributed by atoms with Crippen molar-refractivity contribution in [1.82, 2.24) is 9.78 Å². The third-order valence-electron chi connectivity index (χ3n) is 3.72. The van der Waals surface area contributed by atoms with Crippen LogP contribution in [0.5, 0.6) is 0 Å². The van der Waals surface area contributed by atoms with Gasteiger partial charge in [-0.1, -0.05) is 38.1 Å². The molecule has 3 heteroatoms. The highest BCUT2D eigenvalue weighted by Gasteiger charge is 2.08. The molecule has 0 bridgehead atoms. The first-order valence-corrected chi connectivity index (χ1v) is 7.17. The first-order chi connectivity index (χ1) is 10.2. The molecular formula is C18H18N2O. The van der Waals surface area contributed by atoms with Crippen molar-refractivity contribution in [2.24, 2.45) is 0 Å². The largest absolute Gasteiger partial charge is 0.298 e. The van der Waals surface area contributed by atoms with E-state index in [1.54, 1.807) is 6.07 Å². The zero-order chi connectivity index (χ0) is 14.8. The number of aromatic nitrogens is 2. The standard InChI is InChI=1S/C18H18N2O/c1-13(2)17-6-4-3-5-15(17)10-20-11-16-9-14(12-21)7-8-18(16)19-20/h3-9,11-13H,10H2,1-2H3. The molecule has 1 heterocycles. The van der Waals surface area contributed by atoms with E-state index in [1.165, 1.54) is 11.1 Å². The second-order valence-corrected chi connectivity index (χ2v) is 5.62. The number of rotatable bonds is 4. The molecule has 0 atom stereocenters. The quantitative estimate of drug-likeness (QED) is 0.676. The van der Waals surface area contributed by atoms with Crippen LogP contribution in [0.25, 0.3) is 10.9 Å². The molecule has 3 aromatic rings. The lowest BCUT2D eigenvalue weighted by atomic mass is 9.97. The number of nitrogens with zero attached hydrogens (tertiary/aromatic N) is 2. The monoisotopic (exact) mass is 278 g/mol. The van der Waals surface area contributed by atoms with Crippen LogP contribution in [0.4, 0.5) is 0 Å².